The topological polar surface area (TPSA) is 71.1 Å². The van der Waals surface area contributed by atoms with E-state index in [2.05, 4.69) is 27.1 Å². The molecule has 2 unspecified atom stereocenters. The van der Waals surface area contributed by atoms with Crippen LogP contribution < -0.4 is 10.1 Å². The van der Waals surface area contributed by atoms with E-state index in [1.807, 2.05) is 18.2 Å². The highest BCUT2D eigenvalue weighted by Crippen LogP contribution is 2.26. The molecular weight excluding hydrogens is 456 g/mol. The summed E-state index contributed by atoms with van der Waals surface area (Å²) in [6, 6.07) is 16.1. The molecule has 1 N–H and O–H groups in total. The highest BCUT2D eigenvalue weighted by molar-refractivity contribution is 5.97. The van der Waals surface area contributed by atoms with E-state index in [-0.39, 0.29) is 35.7 Å². The molecule has 35 heavy (non-hydrogen) atoms. The van der Waals surface area contributed by atoms with Gasteiger partial charge in [0.2, 0.25) is 5.91 Å². The number of hydrogen-bond donors (Lipinski definition) is 1. The summed E-state index contributed by atoms with van der Waals surface area (Å²) >= 11 is 0. The van der Waals surface area contributed by atoms with E-state index in [9.17, 15) is 18.4 Å². The van der Waals surface area contributed by atoms with Gasteiger partial charge in [-0.3, -0.25) is 14.5 Å². The minimum Gasteiger partial charge on any atom is -0.434 e. The summed E-state index contributed by atoms with van der Waals surface area (Å²) in [5, 5.41) is 3.10. The number of nitrogens with one attached hydrogen (secondary N) is 1. The molecule has 2 heterocycles. The van der Waals surface area contributed by atoms with Gasteiger partial charge in [-0.05, 0) is 30.5 Å². The van der Waals surface area contributed by atoms with Crippen molar-refractivity contribution in [2.24, 2.45) is 5.92 Å². The van der Waals surface area contributed by atoms with Crippen molar-refractivity contribution < 1.29 is 27.8 Å². The van der Waals surface area contributed by atoms with Crippen LogP contribution in [0, 0.1) is 5.92 Å². The van der Waals surface area contributed by atoms with Crippen LogP contribution in [0.3, 0.4) is 0 Å². The zero-order valence-corrected chi connectivity index (χ0v) is 19.6. The van der Waals surface area contributed by atoms with Crippen LogP contribution in [-0.4, -0.2) is 74.2 Å². The van der Waals surface area contributed by atoms with Crippen molar-refractivity contribution in [1.29, 1.82) is 0 Å². The Morgan fingerprint density at radius 1 is 1.03 bits per heavy atom. The van der Waals surface area contributed by atoms with E-state index in [1.165, 1.54) is 12.1 Å². The van der Waals surface area contributed by atoms with E-state index >= 15 is 0 Å². The lowest BCUT2D eigenvalue weighted by Crippen LogP contribution is -2.48. The standard InChI is InChI=1S/C26H31F2N3O4/c27-26(28)35-23-11-5-4-10-21(23)25(33)31-12-6-9-20(18-31)24(32)29-17-22(19-7-2-1-3-8-19)30-13-15-34-16-14-30/h1-5,7-8,10-11,20,22,26H,6,9,12-18H2,(H,29,32). The number of morpholine rings is 1. The van der Waals surface area contributed by atoms with E-state index in [1.54, 1.807) is 17.0 Å². The summed E-state index contributed by atoms with van der Waals surface area (Å²) in [7, 11) is 0. The van der Waals surface area contributed by atoms with Gasteiger partial charge < -0.3 is 19.7 Å². The van der Waals surface area contributed by atoms with Crippen LogP contribution >= 0.6 is 0 Å². The zero-order chi connectivity index (χ0) is 24.6. The minimum absolute atomic E-state index is 0.0312. The number of rotatable bonds is 8. The lowest BCUT2D eigenvalue weighted by Gasteiger charge is -2.36. The largest absolute Gasteiger partial charge is 0.434 e. The molecule has 2 saturated heterocycles. The quantitative estimate of drug-likeness (QED) is 0.619. The maximum atomic E-state index is 13.1. The van der Waals surface area contributed by atoms with Crippen molar-refractivity contribution in [1.82, 2.24) is 15.1 Å². The first-order valence-electron chi connectivity index (χ1n) is 12.0. The van der Waals surface area contributed by atoms with E-state index in [4.69, 9.17) is 4.74 Å². The Labute approximate surface area is 204 Å². The van der Waals surface area contributed by atoms with E-state index in [0.29, 0.717) is 39.1 Å². The smallest absolute Gasteiger partial charge is 0.387 e. The zero-order valence-electron chi connectivity index (χ0n) is 19.6. The molecule has 2 aliphatic rings. The first kappa shape index (κ1) is 25.1. The average molecular weight is 488 g/mol. The molecule has 7 nitrogen and oxygen atoms in total. The van der Waals surface area contributed by atoms with Gasteiger partial charge in [0.15, 0.2) is 0 Å². The van der Waals surface area contributed by atoms with Gasteiger partial charge in [0.25, 0.3) is 5.91 Å². The number of alkyl halides is 2. The van der Waals surface area contributed by atoms with Crippen molar-refractivity contribution in [3.05, 3.63) is 65.7 Å². The highest BCUT2D eigenvalue weighted by atomic mass is 19.3. The Hall–Kier alpha value is -3.04. The monoisotopic (exact) mass is 487 g/mol. The predicted octanol–water partition coefficient (Wildman–Crippen LogP) is 3.33. The minimum atomic E-state index is -3.02. The SMILES string of the molecule is O=C(NCC(c1ccccc1)N1CCOCC1)C1CCCN(C(=O)c2ccccc2OC(F)F)C1. The molecule has 2 atom stereocenters. The molecule has 2 aliphatic heterocycles. The number of likely N-dealkylation sites (tertiary alicyclic amines) is 1. The number of piperidine rings is 1. The maximum absolute atomic E-state index is 13.1. The van der Waals surface area contributed by atoms with Crippen molar-refractivity contribution in [2.75, 3.05) is 45.9 Å². The molecule has 2 amide bonds. The number of carbonyl (C=O) groups is 2. The van der Waals surface area contributed by atoms with Crippen LogP contribution in [0.4, 0.5) is 8.78 Å². The van der Waals surface area contributed by atoms with Crippen molar-refractivity contribution in [2.45, 2.75) is 25.5 Å². The van der Waals surface area contributed by atoms with Crippen LogP contribution in [0.25, 0.3) is 0 Å². The number of amides is 2. The Bertz CT molecular complexity index is 986. The Balaban J connectivity index is 1.39. The molecule has 2 aromatic carbocycles. The van der Waals surface area contributed by atoms with Gasteiger partial charge in [0.1, 0.15) is 5.75 Å². The van der Waals surface area contributed by atoms with Gasteiger partial charge >= 0.3 is 6.61 Å². The number of para-hydroxylation sites is 1. The van der Waals surface area contributed by atoms with Gasteiger partial charge in [-0.25, -0.2) is 0 Å². The Morgan fingerprint density at radius 3 is 2.49 bits per heavy atom. The van der Waals surface area contributed by atoms with Crippen LogP contribution in [0.15, 0.2) is 54.6 Å². The molecule has 2 fully saturated rings. The molecule has 4 rings (SSSR count). The highest BCUT2D eigenvalue weighted by Gasteiger charge is 2.31. The first-order valence-corrected chi connectivity index (χ1v) is 12.0. The summed E-state index contributed by atoms with van der Waals surface area (Å²) in [5.74, 6) is -1.03. The van der Waals surface area contributed by atoms with Crippen LogP contribution in [0.2, 0.25) is 0 Å². The van der Waals surface area contributed by atoms with Crippen LogP contribution in [-0.2, 0) is 9.53 Å². The molecule has 9 heteroatoms. The summed E-state index contributed by atoms with van der Waals surface area (Å²) in [5.41, 5.74) is 1.20. The summed E-state index contributed by atoms with van der Waals surface area (Å²) in [4.78, 5) is 30.1. The Morgan fingerprint density at radius 2 is 1.74 bits per heavy atom. The normalized spacial score (nSPS) is 19.9. The fourth-order valence-electron chi connectivity index (χ4n) is 4.75. The number of halogens is 2. The molecule has 0 spiro atoms. The van der Waals surface area contributed by atoms with Crippen LogP contribution in [0.5, 0.6) is 5.75 Å². The van der Waals surface area contributed by atoms with Gasteiger partial charge in [-0.15, -0.1) is 0 Å². The predicted molar refractivity (Wildman–Crippen MR) is 126 cm³/mol. The Kier molecular flexibility index (Phi) is 8.65. The van der Waals surface area contributed by atoms with E-state index < -0.39 is 12.5 Å². The summed E-state index contributed by atoms with van der Waals surface area (Å²) < 4.78 is 35.6. The fourth-order valence-corrected chi connectivity index (χ4v) is 4.75. The van der Waals surface area contributed by atoms with Gasteiger partial charge in [0.05, 0.1) is 30.7 Å². The second-order valence-electron chi connectivity index (χ2n) is 8.78. The molecule has 0 saturated carbocycles. The third-order valence-corrected chi connectivity index (χ3v) is 6.55. The van der Waals surface area contributed by atoms with Crippen molar-refractivity contribution >= 4 is 11.8 Å². The third kappa shape index (κ3) is 6.55. The van der Waals surface area contributed by atoms with Gasteiger partial charge in [-0.1, -0.05) is 42.5 Å². The third-order valence-electron chi connectivity index (χ3n) is 6.55. The second-order valence-corrected chi connectivity index (χ2v) is 8.78. The van der Waals surface area contributed by atoms with Crippen molar-refractivity contribution in [3.8, 4) is 5.75 Å². The lowest BCUT2D eigenvalue weighted by molar-refractivity contribution is -0.126. The van der Waals surface area contributed by atoms with Gasteiger partial charge in [-0.2, -0.15) is 8.78 Å². The van der Waals surface area contributed by atoms with Crippen molar-refractivity contribution in [3.63, 3.8) is 0 Å². The van der Waals surface area contributed by atoms with Gasteiger partial charge in [0, 0.05) is 32.7 Å². The number of ether oxygens (including phenoxy) is 2. The molecule has 2 aromatic rings. The average Bonchev–Trinajstić information content (AvgIpc) is 2.89. The summed E-state index contributed by atoms with van der Waals surface area (Å²) in [6.07, 6.45) is 1.33. The summed E-state index contributed by atoms with van der Waals surface area (Å²) in [6.45, 7) is 1.04. The lowest BCUT2D eigenvalue weighted by atomic mass is 9.96. The number of benzene rings is 2. The van der Waals surface area contributed by atoms with E-state index in [0.717, 1.165) is 18.7 Å². The fraction of sp³-hybridized carbons (Fsp3) is 0.462. The molecule has 188 valence electrons. The molecule has 0 aliphatic carbocycles. The molecular formula is C26H31F2N3O4. The maximum Gasteiger partial charge on any atom is 0.387 e. The second kappa shape index (κ2) is 12.1. The molecule has 0 aromatic heterocycles. The number of carbonyl (C=O) groups excluding carboxylic acids is 2. The number of nitrogens with zero attached hydrogens (tertiary/aromatic N) is 2. The molecule has 0 radical (unpaired) electrons. The molecule has 0 bridgehead atoms. The first-order chi connectivity index (χ1) is 17.0. The number of hydrogen-bond acceptors (Lipinski definition) is 5. The van der Waals surface area contributed by atoms with Crippen LogP contribution in [0.1, 0.15) is 34.8 Å².